The Morgan fingerprint density at radius 1 is 1.05 bits per heavy atom. The summed E-state index contributed by atoms with van der Waals surface area (Å²) in [6, 6.07) is 18.7. The molecule has 1 aliphatic carbocycles. The molecule has 22 heavy (non-hydrogen) atoms. The van der Waals surface area contributed by atoms with Crippen molar-refractivity contribution in [3.8, 4) is 0 Å². The maximum absolute atomic E-state index is 9.49. The molecule has 112 valence electrons. The molecular weight excluding hydrogens is 270 g/mol. The van der Waals surface area contributed by atoms with E-state index in [-0.39, 0.29) is 0 Å². The zero-order valence-corrected chi connectivity index (χ0v) is 12.9. The number of benzene rings is 2. The maximum atomic E-state index is 9.49. The topological polar surface area (TPSA) is 32.6 Å². The Hall–Kier alpha value is -2.35. The first-order valence-corrected chi connectivity index (χ1v) is 7.82. The van der Waals surface area contributed by atoms with Gasteiger partial charge in [-0.2, -0.15) is 0 Å². The molecule has 2 nitrogen and oxygen atoms in total. The summed E-state index contributed by atoms with van der Waals surface area (Å²) in [7, 11) is 0. The van der Waals surface area contributed by atoms with Gasteiger partial charge in [-0.1, -0.05) is 65.8 Å². The fraction of sp³-hybridized carbons (Fsp3) is 0.250. The van der Waals surface area contributed by atoms with Crippen LogP contribution in [0, 0.1) is 6.92 Å². The Morgan fingerprint density at radius 3 is 2.41 bits per heavy atom. The van der Waals surface area contributed by atoms with Crippen molar-refractivity contribution in [2.45, 2.75) is 32.1 Å². The number of hydrogen-bond donors (Lipinski definition) is 1. The van der Waals surface area contributed by atoms with E-state index in [4.69, 9.17) is 0 Å². The van der Waals surface area contributed by atoms with Crippen molar-refractivity contribution in [1.82, 2.24) is 0 Å². The van der Waals surface area contributed by atoms with Crippen LogP contribution in [0.4, 0.5) is 0 Å². The summed E-state index contributed by atoms with van der Waals surface area (Å²) in [5, 5.41) is 13.1. The van der Waals surface area contributed by atoms with E-state index in [9.17, 15) is 5.21 Å². The third kappa shape index (κ3) is 2.96. The van der Waals surface area contributed by atoms with Crippen LogP contribution in [0.2, 0.25) is 0 Å². The van der Waals surface area contributed by atoms with Crippen LogP contribution < -0.4 is 0 Å². The van der Waals surface area contributed by atoms with Gasteiger partial charge in [0.2, 0.25) is 0 Å². The van der Waals surface area contributed by atoms with Crippen molar-refractivity contribution < 1.29 is 5.21 Å². The molecule has 1 unspecified atom stereocenters. The first kappa shape index (κ1) is 14.6. The van der Waals surface area contributed by atoms with Crippen molar-refractivity contribution in [2.75, 3.05) is 0 Å². The first-order chi connectivity index (χ1) is 10.8. The largest absolute Gasteiger partial charge is 0.410 e. The highest BCUT2D eigenvalue weighted by molar-refractivity contribution is 6.13. The lowest BCUT2D eigenvalue weighted by atomic mass is 9.82. The predicted octanol–water partition coefficient (Wildman–Crippen LogP) is 5.07. The number of oxime groups is 1. The summed E-state index contributed by atoms with van der Waals surface area (Å²) in [6.45, 7) is 2.05. The lowest BCUT2D eigenvalue weighted by Gasteiger charge is -2.23. The molecule has 0 bridgehead atoms. The third-order valence-corrected chi connectivity index (χ3v) is 4.49. The number of nitrogens with zero attached hydrogens (tertiary/aromatic N) is 1. The van der Waals surface area contributed by atoms with Crippen LogP contribution in [0.15, 0.2) is 71.4 Å². The van der Waals surface area contributed by atoms with Crippen LogP contribution in [-0.2, 0) is 0 Å². The molecule has 0 spiro atoms. The van der Waals surface area contributed by atoms with Gasteiger partial charge in [-0.15, -0.1) is 0 Å². The Morgan fingerprint density at radius 2 is 1.77 bits per heavy atom. The maximum Gasteiger partial charge on any atom is 0.113 e. The van der Waals surface area contributed by atoms with Gasteiger partial charge in [0.1, 0.15) is 5.71 Å². The molecule has 1 N–H and O–H groups in total. The van der Waals surface area contributed by atoms with E-state index in [1.165, 1.54) is 5.56 Å². The molecular formula is C20H21NO. The van der Waals surface area contributed by atoms with Gasteiger partial charge < -0.3 is 5.21 Å². The summed E-state index contributed by atoms with van der Waals surface area (Å²) in [6.07, 6.45) is 5.29. The Labute approximate surface area is 131 Å². The zero-order chi connectivity index (χ0) is 15.4. The Kier molecular flexibility index (Phi) is 4.38. The van der Waals surface area contributed by atoms with Crippen molar-refractivity contribution >= 4 is 5.71 Å². The number of hydrogen-bond acceptors (Lipinski definition) is 2. The van der Waals surface area contributed by atoms with Gasteiger partial charge in [-0.25, -0.2) is 0 Å². The molecule has 1 atom stereocenters. The van der Waals surface area contributed by atoms with E-state index in [2.05, 4.69) is 54.6 Å². The lowest BCUT2D eigenvalue weighted by molar-refractivity contribution is 0.319. The second-order valence-electron chi connectivity index (χ2n) is 5.87. The molecule has 2 heteroatoms. The van der Waals surface area contributed by atoms with Gasteiger partial charge in [0.25, 0.3) is 0 Å². The van der Waals surface area contributed by atoms with E-state index >= 15 is 0 Å². The molecule has 2 aromatic rings. The summed E-state index contributed by atoms with van der Waals surface area (Å²) in [4.78, 5) is 0. The average Bonchev–Trinajstić information content (AvgIpc) is 2.59. The quantitative estimate of drug-likeness (QED) is 0.478. The van der Waals surface area contributed by atoms with Crippen molar-refractivity contribution in [3.63, 3.8) is 0 Å². The molecule has 1 aliphatic rings. The van der Waals surface area contributed by atoms with E-state index in [0.29, 0.717) is 5.92 Å². The van der Waals surface area contributed by atoms with Crippen LogP contribution >= 0.6 is 0 Å². The number of allylic oxidation sites excluding steroid dienone is 2. The molecule has 0 amide bonds. The minimum absolute atomic E-state index is 0.571. The number of aryl methyl sites for hydroxylation is 1. The third-order valence-electron chi connectivity index (χ3n) is 4.49. The second-order valence-corrected chi connectivity index (χ2v) is 5.87. The summed E-state index contributed by atoms with van der Waals surface area (Å²) < 4.78 is 0. The standard InChI is InChI=1S/C20H21NO/c1-15-7-5-6-10-19(15)20(21-22)18-13-11-17(12-14-18)16-8-3-2-4-9-16/h2-10,13,17,22H,11-12,14H2,1H3. The van der Waals surface area contributed by atoms with Crippen LogP contribution in [0.25, 0.3) is 0 Å². The normalized spacial score (nSPS) is 18.9. The molecule has 0 aromatic heterocycles. The highest BCUT2D eigenvalue weighted by atomic mass is 16.4. The van der Waals surface area contributed by atoms with Crippen LogP contribution in [-0.4, -0.2) is 10.9 Å². The lowest BCUT2D eigenvalue weighted by Crippen LogP contribution is -2.13. The highest BCUT2D eigenvalue weighted by Gasteiger charge is 2.20. The second kappa shape index (κ2) is 6.61. The van der Waals surface area contributed by atoms with Gasteiger partial charge in [-0.05, 0) is 48.8 Å². The molecule has 2 aromatic carbocycles. The fourth-order valence-corrected chi connectivity index (χ4v) is 3.21. The van der Waals surface area contributed by atoms with Gasteiger partial charge in [0, 0.05) is 5.56 Å². The molecule has 0 saturated heterocycles. The predicted molar refractivity (Wildman–Crippen MR) is 90.6 cm³/mol. The SMILES string of the molecule is Cc1ccccc1C(=NO)C1=CCC(c2ccccc2)CC1. The minimum atomic E-state index is 0.571. The first-order valence-electron chi connectivity index (χ1n) is 7.82. The summed E-state index contributed by atoms with van der Waals surface area (Å²) in [5.74, 6) is 0.571. The van der Waals surface area contributed by atoms with Gasteiger partial charge in [0.05, 0.1) is 0 Å². The van der Waals surface area contributed by atoms with Crippen molar-refractivity contribution in [3.05, 3.63) is 82.9 Å². The molecule has 0 aliphatic heterocycles. The molecule has 3 rings (SSSR count). The van der Waals surface area contributed by atoms with E-state index in [0.717, 1.165) is 41.7 Å². The monoisotopic (exact) mass is 291 g/mol. The van der Waals surface area contributed by atoms with Crippen molar-refractivity contribution in [1.29, 1.82) is 0 Å². The highest BCUT2D eigenvalue weighted by Crippen LogP contribution is 2.33. The Balaban J connectivity index is 1.82. The van der Waals surface area contributed by atoms with E-state index in [1.807, 2.05) is 18.2 Å². The van der Waals surface area contributed by atoms with Gasteiger partial charge >= 0.3 is 0 Å². The van der Waals surface area contributed by atoms with Gasteiger partial charge in [-0.3, -0.25) is 0 Å². The van der Waals surface area contributed by atoms with Crippen LogP contribution in [0.3, 0.4) is 0 Å². The zero-order valence-electron chi connectivity index (χ0n) is 12.9. The minimum Gasteiger partial charge on any atom is -0.410 e. The molecule has 0 fully saturated rings. The average molecular weight is 291 g/mol. The summed E-state index contributed by atoms with van der Waals surface area (Å²) in [5.41, 5.74) is 5.44. The van der Waals surface area contributed by atoms with Crippen molar-refractivity contribution in [2.24, 2.45) is 5.16 Å². The summed E-state index contributed by atoms with van der Waals surface area (Å²) >= 11 is 0. The van der Waals surface area contributed by atoms with Crippen LogP contribution in [0.5, 0.6) is 0 Å². The molecule has 0 saturated carbocycles. The fourth-order valence-electron chi connectivity index (χ4n) is 3.21. The number of rotatable bonds is 3. The smallest absolute Gasteiger partial charge is 0.113 e. The van der Waals surface area contributed by atoms with Crippen LogP contribution in [0.1, 0.15) is 41.9 Å². The van der Waals surface area contributed by atoms with Gasteiger partial charge in [0.15, 0.2) is 0 Å². The molecule has 0 radical (unpaired) electrons. The van der Waals surface area contributed by atoms with E-state index in [1.54, 1.807) is 0 Å². The Bertz CT molecular complexity index is 701. The van der Waals surface area contributed by atoms with E-state index < -0.39 is 0 Å². The molecule has 0 heterocycles.